The molecule has 0 saturated carbocycles. The van der Waals surface area contributed by atoms with Gasteiger partial charge in [-0.25, -0.2) is 0 Å². The number of ether oxygens (including phenoxy) is 1. The standard InChI is InChI=1S/C23H25N3O/c1-27-21-12-10-18(11-13-21)22-8-4-9-23(25-22)19-6-5-15-26(16-19)17-20-7-2-3-14-24-20/h2-4,7-14,19H,5-6,15-17H2,1H3/t19-/m0/s1. The van der Waals surface area contributed by atoms with Gasteiger partial charge in [-0.3, -0.25) is 14.9 Å². The van der Waals surface area contributed by atoms with Crippen molar-refractivity contribution in [2.75, 3.05) is 20.2 Å². The predicted octanol–water partition coefficient (Wildman–Crippen LogP) is 4.53. The largest absolute Gasteiger partial charge is 0.497 e. The zero-order valence-electron chi connectivity index (χ0n) is 15.7. The molecule has 4 heteroatoms. The summed E-state index contributed by atoms with van der Waals surface area (Å²) in [6.45, 7) is 3.08. The van der Waals surface area contributed by atoms with Crippen LogP contribution in [0.2, 0.25) is 0 Å². The smallest absolute Gasteiger partial charge is 0.118 e. The van der Waals surface area contributed by atoms with Gasteiger partial charge in [-0.15, -0.1) is 0 Å². The van der Waals surface area contributed by atoms with Gasteiger partial charge in [0.05, 0.1) is 18.5 Å². The Kier molecular flexibility index (Phi) is 5.45. The Morgan fingerprint density at radius 1 is 1.04 bits per heavy atom. The molecule has 0 radical (unpaired) electrons. The summed E-state index contributed by atoms with van der Waals surface area (Å²) < 4.78 is 5.25. The monoisotopic (exact) mass is 359 g/mol. The SMILES string of the molecule is COc1ccc(-c2cccc([C@H]3CCCN(Cc4ccccn4)C3)n2)cc1. The maximum atomic E-state index is 5.25. The van der Waals surface area contributed by atoms with Crippen LogP contribution >= 0.6 is 0 Å². The van der Waals surface area contributed by atoms with E-state index in [9.17, 15) is 0 Å². The van der Waals surface area contributed by atoms with Crippen molar-refractivity contribution in [2.45, 2.75) is 25.3 Å². The molecule has 0 amide bonds. The second-order valence-corrected chi connectivity index (χ2v) is 7.07. The number of aromatic nitrogens is 2. The number of methoxy groups -OCH3 is 1. The summed E-state index contributed by atoms with van der Waals surface area (Å²) in [5.41, 5.74) is 4.47. The molecule has 0 aliphatic carbocycles. The van der Waals surface area contributed by atoms with Crippen LogP contribution in [0.4, 0.5) is 0 Å². The van der Waals surface area contributed by atoms with Crippen molar-refractivity contribution < 1.29 is 4.74 Å². The van der Waals surface area contributed by atoms with Gasteiger partial charge in [0.1, 0.15) is 5.75 Å². The quantitative estimate of drug-likeness (QED) is 0.671. The number of pyridine rings is 2. The lowest BCUT2D eigenvalue weighted by atomic mass is 9.93. The van der Waals surface area contributed by atoms with Crippen molar-refractivity contribution >= 4 is 0 Å². The Morgan fingerprint density at radius 2 is 1.93 bits per heavy atom. The number of benzene rings is 1. The molecule has 4 nitrogen and oxygen atoms in total. The molecule has 1 saturated heterocycles. The molecule has 1 fully saturated rings. The summed E-state index contributed by atoms with van der Waals surface area (Å²) in [6.07, 6.45) is 4.26. The summed E-state index contributed by atoms with van der Waals surface area (Å²) in [5, 5.41) is 0. The van der Waals surface area contributed by atoms with Crippen LogP contribution in [0.3, 0.4) is 0 Å². The molecule has 0 spiro atoms. The summed E-state index contributed by atoms with van der Waals surface area (Å²) in [7, 11) is 1.69. The molecule has 1 atom stereocenters. The van der Waals surface area contributed by atoms with Crippen LogP contribution in [0.1, 0.15) is 30.1 Å². The normalized spacial score (nSPS) is 17.6. The molecule has 0 N–H and O–H groups in total. The van der Waals surface area contributed by atoms with Crippen LogP contribution in [0.25, 0.3) is 11.3 Å². The van der Waals surface area contributed by atoms with Crippen molar-refractivity contribution in [1.29, 1.82) is 0 Å². The summed E-state index contributed by atoms with van der Waals surface area (Å²) >= 11 is 0. The van der Waals surface area contributed by atoms with Crippen LogP contribution in [-0.4, -0.2) is 35.1 Å². The Balaban J connectivity index is 1.49. The third-order valence-electron chi connectivity index (χ3n) is 5.19. The summed E-state index contributed by atoms with van der Waals surface area (Å²) in [5.74, 6) is 1.34. The first-order valence-electron chi connectivity index (χ1n) is 9.55. The van der Waals surface area contributed by atoms with Crippen LogP contribution in [0, 0.1) is 0 Å². The first-order valence-corrected chi connectivity index (χ1v) is 9.55. The molecule has 3 heterocycles. The number of piperidine rings is 1. The topological polar surface area (TPSA) is 38.2 Å². The van der Waals surface area contributed by atoms with Gasteiger partial charge >= 0.3 is 0 Å². The van der Waals surface area contributed by atoms with Crippen LogP contribution in [0.5, 0.6) is 5.75 Å². The second kappa shape index (κ2) is 8.31. The van der Waals surface area contributed by atoms with Crippen LogP contribution in [0.15, 0.2) is 66.9 Å². The fraction of sp³-hybridized carbons (Fsp3) is 0.304. The molecule has 0 unspecified atom stereocenters. The molecule has 138 valence electrons. The minimum Gasteiger partial charge on any atom is -0.497 e. The van der Waals surface area contributed by atoms with Crippen molar-refractivity contribution in [3.8, 4) is 17.0 Å². The number of hydrogen-bond acceptors (Lipinski definition) is 4. The van der Waals surface area contributed by atoms with E-state index in [4.69, 9.17) is 9.72 Å². The van der Waals surface area contributed by atoms with Gasteiger partial charge in [-0.1, -0.05) is 12.1 Å². The molecule has 2 aromatic heterocycles. The first-order chi connectivity index (χ1) is 13.3. The van der Waals surface area contributed by atoms with E-state index in [0.717, 1.165) is 42.3 Å². The maximum absolute atomic E-state index is 5.25. The molecule has 1 aliphatic rings. The Bertz CT molecular complexity index is 864. The van der Waals surface area contributed by atoms with Crippen molar-refractivity contribution in [3.63, 3.8) is 0 Å². The lowest BCUT2D eigenvalue weighted by Gasteiger charge is -2.32. The highest BCUT2D eigenvalue weighted by atomic mass is 16.5. The molecule has 1 aliphatic heterocycles. The lowest BCUT2D eigenvalue weighted by molar-refractivity contribution is 0.196. The fourth-order valence-electron chi connectivity index (χ4n) is 3.76. The van der Waals surface area contributed by atoms with Gasteiger partial charge in [-0.05, 0) is 67.9 Å². The highest BCUT2D eigenvalue weighted by molar-refractivity contribution is 5.60. The fourth-order valence-corrected chi connectivity index (χ4v) is 3.76. The van der Waals surface area contributed by atoms with E-state index in [1.807, 2.05) is 24.4 Å². The molecule has 3 aromatic rings. The minimum absolute atomic E-state index is 0.473. The van der Waals surface area contributed by atoms with Crippen LogP contribution in [-0.2, 0) is 6.54 Å². The van der Waals surface area contributed by atoms with Gasteiger partial charge in [0.15, 0.2) is 0 Å². The third kappa shape index (κ3) is 4.34. The zero-order valence-corrected chi connectivity index (χ0v) is 15.7. The minimum atomic E-state index is 0.473. The zero-order chi connectivity index (χ0) is 18.5. The average Bonchev–Trinajstić information content (AvgIpc) is 2.75. The number of hydrogen-bond donors (Lipinski definition) is 0. The maximum Gasteiger partial charge on any atom is 0.118 e. The van der Waals surface area contributed by atoms with Gasteiger partial charge in [0.2, 0.25) is 0 Å². The van der Waals surface area contributed by atoms with Crippen LogP contribution < -0.4 is 4.74 Å². The lowest BCUT2D eigenvalue weighted by Crippen LogP contribution is -2.34. The Hall–Kier alpha value is -2.72. The van der Waals surface area contributed by atoms with E-state index in [0.29, 0.717) is 5.92 Å². The number of nitrogens with zero attached hydrogens (tertiary/aromatic N) is 3. The predicted molar refractivity (Wildman–Crippen MR) is 108 cm³/mol. The van der Waals surface area contributed by atoms with Crippen molar-refractivity contribution in [2.24, 2.45) is 0 Å². The van der Waals surface area contributed by atoms with E-state index >= 15 is 0 Å². The molecular formula is C23H25N3O. The average molecular weight is 359 g/mol. The van der Waals surface area contributed by atoms with E-state index in [1.54, 1.807) is 7.11 Å². The molecule has 1 aromatic carbocycles. The molecule has 4 rings (SSSR count). The summed E-state index contributed by atoms with van der Waals surface area (Å²) in [6, 6.07) is 20.6. The third-order valence-corrected chi connectivity index (χ3v) is 5.19. The van der Waals surface area contributed by atoms with Crippen molar-refractivity contribution in [1.82, 2.24) is 14.9 Å². The highest BCUT2D eigenvalue weighted by Gasteiger charge is 2.23. The van der Waals surface area contributed by atoms with E-state index in [1.165, 1.54) is 18.5 Å². The first kappa shape index (κ1) is 17.7. The van der Waals surface area contributed by atoms with Gasteiger partial charge in [0, 0.05) is 36.5 Å². The van der Waals surface area contributed by atoms with Gasteiger partial charge in [0.25, 0.3) is 0 Å². The summed E-state index contributed by atoms with van der Waals surface area (Å²) in [4.78, 5) is 11.9. The molecule has 0 bridgehead atoms. The highest BCUT2D eigenvalue weighted by Crippen LogP contribution is 2.28. The number of likely N-dealkylation sites (tertiary alicyclic amines) is 1. The van der Waals surface area contributed by atoms with Crippen molar-refractivity contribution in [3.05, 3.63) is 78.2 Å². The second-order valence-electron chi connectivity index (χ2n) is 7.07. The van der Waals surface area contributed by atoms with Gasteiger partial charge in [-0.2, -0.15) is 0 Å². The Morgan fingerprint density at radius 3 is 2.70 bits per heavy atom. The van der Waals surface area contributed by atoms with E-state index < -0.39 is 0 Å². The number of rotatable bonds is 5. The van der Waals surface area contributed by atoms with Gasteiger partial charge < -0.3 is 4.74 Å². The Labute approximate surface area is 160 Å². The molecule has 27 heavy (non-hydrogen) atoms. The molecular weight excluding hydrogens is 334 g/mol. The van der Waals surface area contributed by atoms with E-state index in [-0.39, 0.29) is 0 Å². The van der Waals surface area contributed by atoms with E-state index in [2.05, 4.69) is 52.3 Å².